The van der Waals surface area contributed by atoms with Crippen molar-refractivity contribution in [2.75, 3.05) is 0 Å². The molecular formula is C18H13N3O5S. The number of imide groups is 1. The van der Waals surface area contributed by atoms with Crippen LogP contribution in [0.15, 0.2) is 46.7 Å². The molecular weight excluding hydrogens is 370 g/mol. The number of nitrogens with zero attached hydrogens (tertiary/aromatic N) is 3. The Balaban J connectivity index is 1.49. The zero-order valence-electron chi connectivity index (χ0n) is 14.1. The van der Waals surface area contributed by atoms with E-state index in [-0.39, 0.29) is 23.3 Å². The van der Waals surface area contributed by atoms with Crippen molar-refractivity contribution in [2.45, 2.75) is 19.6 Å². The van der Waals surface area contributed by atoms with Crippen molar-refractivity contribution in [1.82, 2.24) is 14.3 Å². The summed E-state index contributed by atoms with van der Waals surface area (Å²) in [6.07, 6.45) is 1.61. The lowest BCUT2D eigenvalue weighted by Gasteiger charge is -2.20. The maximum Gasteiger partial charge on any atom is 0.329 e. The molecule has 9 heteroatoms. The Labute approximate surface area is 156 Å². The number of thiazole rings is 1. The molecule has 0 spiro atoms. The van der Waals surface area contributed by atoms with Crippen LogP contribution in [0.2, 0.25) is 0 Å². The highest BCUT2D eigenvalue weighted by atomic mass is 32.1. The molecule has 1 aromatic carbocycles. The fraction of sp³-hybridized carbons (Fsp3) is 0.167. The zero-order chi connectivity index (χ0) is 19.1. The first-order chi connectivity index (χ1) is 13.0. The van der Waals surface area contributed by atoms with Gasteiger partial charge in [0.1, 0.15) is 12.6 Å². The molecule has 0 aliphatic carbocycles. The second kappa shape index (κ2) is 6.44. The van der Waals surface area contributed by atoms with Crippen molar-refractivity contribution < 1.29 is 19.1 Å². The number of carbonyl (C=O) groups is 3. The molecule has 0 saturated carbocycles. The molecule has 0 fully saturated rings. The number of fused-ring (bicyclic) bond motifs is 2. The summed E-state index contributed by atoms with van der Waals surface area (Å²) >= 11 is 1.28. The summed E-state index contributed by atoms with van der Waals surface area (Å²) in [5, 5.41) is 1.73. The summed E-state index contributed by atoms with van der Waals surface area (Å²) in [4.78, 5) is 54.8. The van der Waals surface area contributed by atoms with E-state index in [9.17, 15) is 19.2 Å². The second-order valence-corrected chi connectivity index (χ2v) is 6.82. The molecule has 0 saturated heterocycles. The van der Waals surface area contributed by atoms with E-state index in [1.165, 1.54) is 28.7 Å². The lowest BCUT2D eigenvalue weighted by atomic mass is 10.1. The fourth-order valence-corrected chi connectivity index (χ4v) is 3.63. The molecule has 2 amide bonds. The van der Waals surface area contributed by atoms with Gasteiger partial charge >= 0.3 is 5.97 Å². The van der Waals surface area contributed by atoms with Crippen LogP contribution in [-0.4, -0.2) is 38.1 Å². The SMILES string of the molecule is C[C@@H](C(=O)OCc1cc(=O)n2ccsc2n1)N1C(=O)c2ccccc2C1=O. The summed E-state index contributed by atoms with van der Waals surface area (Å²) in [6.45, 7) is 1.20. The van der Waals surface area contributed by atoms with E-state index < -0.39 is 23.8 Å². The summed E-state index contributed by atoms with van der Waals surface area (Å²) in [7, 11) is 0. The van der Waals surface area contributed by atoms with Crippen molar-refractivity contribution in [3.63, 3.8) is 0 Å². The minimum absolute atomic E-state index is 0.226. The number of rotatable bonds is 4. The van der Waals surface area contributed by atoms with Crippen LogP contribution in [0.25, 0.3) is 4.96 Å². The molecule has 27 heavy (non-hydrogen) atoms. The largest absolute Gasteiger partial charge is 0.458 e. The first-order valence-electron chi connectivity index (χ1n) is 8.06. The molecule has 1 aliphatic rings. The van der Waals surface area contributed by atoms with Crippen LogP contribution in [0.5, 0.6) is 0 Å². The lowest BCUT2D eigenvalue weighted by molar-refractivity contribution is -0.149. The van der Waals surface area contributed by atoms with E-state index in [0.717, 1.165) is 4.90 Å². The van der Waals surface area contributed by atoms with E-state index in [2.05, 4.69) is 4.98 Å². The van der Waals surface area contributed by atoms with Crippen LogP contribution in [-0.2, 0) is 16.1 Å². The highest BCUT2D eigenvalue weighted by Crippen LogP contribution is 2.24. The highest BCUT2D eigenvalue weighted by Gasteiger charge is 2.41. The maximum atomic E-state index is 12.4. The highest BCUT2D eigenvalue weighted by molar-refractivity contribution is 7.15. The van der Waals surface area contributed by atoms with Gasteiger partial charge in [0.15, 0.2) is 4.96 Å². The molecule has 4 rings (SSSR count). The van der Waals surface area contributed by atoms with Crippen molar-refractivity contribution in [1.29, 1.82) is 0 Å². The van der Waals surface area contributed by atoms with Crippen LogP contribution in [0.4, 0.5) is 0 Å². The van der Waals surface area contributed by atoms with Gasteiger partial charge in [0.2, 0.25) is 0 Å². The van der Waals surface area contributed by atoms with Crippen LogP contribution < -0.4 is 5.56 Å². The Morgan fingerprint density at radius 2 is 1.85 bits per heavy atom. The van der Waals surface area contributed by atoms with Crippen LogP contribution in [0.1, 0.15) is 33.3 Å². The first kappa shape index (κ1) is 17.1. The van der Waals surface area contributed by atoms with E-state index in [4.69, 9.17) is 4.74 Å². The number of amides is 2. The predicted molar refractivity (Wildman–Crippen MR) is 95.5 cm³/mol. The first-order valence-corrected chi connectivity index (χ1v) is 8.94. The summed E-state index contributed by atoms with van der Waals surface area (Å²) in [5.74, 6) is -1.81. The molecule has 0 bridgehead atoms. The summed E-state index contributed by atoms with van der Waals surface area (Å²) < 4.78 is 6.57. The topological polar surface area (TPSA) is 98.1 Å². The molecule has 136 valence electrons. The number of carbonyl (C=O) groups excluding carboxylic acids is 3. The Bertz CT molecular complexity index is 1110. The Hall–Kier alpha value is -3.33. The normalized spacial score (nSPS) is 14.5. The van der Waals surface area contributed by atoms with Gasteiger partial charge in [-0.3, -0.25) is 23.7 Å². The average molecular weight is 383 g/mol. The van der Waals surface area contributed by atoms with Gasteiger partial charge in [-0.1, -0.05) is 12.1 Å². The zero-order valence-corrected chi connectivity index (χ0v) is 14.9. The standard InChI is InChI=1S/C18H13N3O5S/c1-10(21-15(23)12-4-2-3-5-13(12)16(21)24)17(25)26-9-11-8-14(22)20-6-7-27-18(20)19-11/h2-8,10H,9H2,1H3/t10-/m0/s1. The molecule has 0 N–H and O–H groups in total. The van der Waals surface area contributed by atoms with Crippen LogP contribution >= 0.6 is 11.3 Å². The molecule has 1 atom stereocenters. The number of aromatic nitrogens is 2. The van der Waals surface area contributed by atoms with Gasteiger partial charge in [0, 0.05) is 17.6 Å². The monoisotopic (exact) mass is 383 g/mol. The summed E-state index contributed by atoms with van der Waals surface area (Å²) in [6, 6.07) is 6.58. The maximum absolute atomic E-state index is 12.4. The van der Waals surface area contributed by atoms with E-state index in [1.807, 2.05) is 0 Å². The Kier molecular flexibility index (Phi) is 4.08. The van der Waals surface area contributed by atoms with Crippen LogP contribution in [0, 0.1) is 0 Å². The average Bonchev–Trinajstić information content (AvgIpc) is 3.23. The van der Waals surface area contributed by atoms with E-state index in [1.54, 1.807) is 35.8 Å². The molecule has 0 unspecified atom stereocenters. The van der Waals surface area contributed by atoms with Gasteiger partial charge in [-0.05, 0) is 19.1 Å². The number of benzene rings is 1. The minimum Gasteiger partial charge on any atom is -0.458 e. The molecule has 2 aromatic heterocycles. The Morgan fingerprint density at radius 1 is 1.19 bits per heavy atom. The lowest BCUT2D eigenvalue weighted by Crippen LogP contribution is -2.43. The fourth-order valence-electron chi connectivity index (χ4n) is 2.89. The number of hydrogen-bond acceptors (Lipinski definition) is 7. The molecule has 1 aliphatic heterocycles. The third-order valence-corrected chi connectivity index (χ3v) is 5.03. The molecule has 3 aromatic rings. The van der Waals surface area contributed by atoms with E-state index >= 15 is 0 Å². The Morgan fingerprint density at radius 3 is 2.52 bits per heavy atom. The van der Waals surface area contributed by atoms with Gasteiger partial charge < -0.3 is 4.74 Å². The third kappa shape index (κ3) is 2.81. The van der Waals surface area contributed by atoms with Gasteiger partial charge in [0.25, 0.3) is 17.4 Å². The second-order valence-electron chi connectivity index (χ2n) is 5.95. The van der Waals surface area contributed by atoms with Gasteiger partial charge in [0.05, 0.1) is 16.8 Å². The van der Waals surface area contributed by atoms with Crippen LogP contribution in [0.3, 0.4) is 0 Å². The quantitative estimate of drug-likeness (QED) is 0.500. The number of hydrogen-bond donors (Lipinski definition) is 0. The van der Waals surface area contributed by atoms with Gasteiger partial charge in [-0.2, -0.15) is 0 Å². The third-order valence-electron chi connectivity index (χ3n) is 4.27. The van der Waals surface area contributed by atoms with E-state index in [0.29, 0.717) is 10.7 Å². The molecule has 8 nitrogen and oxygen atoms in total. The van der Waals surface area contributed by atoms with Crippen molar-refractivity contribution in [2.24, 2.45) is 0 Å². The smallest absolute Gasteiger partial charge is 0.329 e. The van der Waals surface area contributed by atoms with Gasteiger partial charge in [-0.15, -0.1) is 11.3 Å². The predicted octanol–water partition coefficient (Wildman–Crippen LogP) is 1.48. The summed E-state index contributed by atoms with van der Waals surface area (Å²) in [5.41, 5.74) is 0.547. The number of ether oxygens (including phenoxy) is 1. The number of esters is 1. The minimum atomic E-state index is -1.09. The van der Waals surface area contributed by atoms with Crippen molar-refractivity contribution in [3.05, 3.63) is 69.1 Å². The van der Waals surface area contributed by atoms with Crippen molar-refractivity contribution in [3.8, 4) is 0 Å². The molecule has 3 heterocycles. The molecule has 0 radical (unpaired) electrons. The van der Waals surface area contributed by atoms with Gasteiger partial charge in [-0.25, -0.2) is 9.78 Å². The van der Waals surface area contributed by atoms with Crippen molar-refractivity contribution >= 4 is 34.1 Å².